The second-order valence-electron chi connectivity index (χ2n) is 4.89. The Bertz CT molecular complexity index is 514. The third-order valence-corrected chi connectivity index (χ3v) is 2.84. The Labute approximate surface area is 106 Å². The molecule has 18 heavy (non-hydrogen) atoms. The number of halogens is 1. The van der Waals surface area contributed by atoms with E-state index in [1.807, 2.05) is 10.9 Å². The molecule has 2 N–H and O–H groups in total. The van der Waals surface area contributed by atoms with Gasteiger partial charge < -0.3 is 5.73 Å². The lowest BCUT2D eigenvalue weighted by Crippen LogP contribution is -2.02. The molecule has 0 unspecified atom stereocenters. The van der Waals surface area contributed by atoms with E-state index in [9.17, 15) is 4.39 Å². The number of aryl methyl sites for hydroxylation is 1. The van der Waals surface area contributed by atoms with Gasteiger partial charge in [-0.15, -0.1) is 0 Å². The third kappa shape index (κ3) is 2.88. The minimum absolute atomic E-state index is 0.253. The molecule has 0 aliphatic carbocycles. The van der Waals surface area contributed by atoms with Crippen molar-refractivity contribution in [1.82, 2.24) is 9.78 Å². The number of aromatic nitrogens is 2. The molecule has 1 aromatic heterocycles. The van der Waals surface area contributed by atoms with Crippen LogP contribution < -0.4 is 5.73 Å². The highest BCUT2D eigenvalue weighted by atomic mass is 19.1. The number of rotatable bonds is 4. The van der Waals surface area contributed by atoms with E-state index >= 15 is 0 Å². The first-order chi connectivity index (χ1) is 8.56. The lowest BCUT2D eigenvalue weighted by Gasteiger charge is -2.03. The zero-order valence-electron chi connectivity index (χ0n) is 10.7. The van der Waals surface area contributed by atoms with Crippen LogP contribution in [0.2, 0.25) is 0 Å². The van der Waals surface area contributed by atoms with Gasteiger partial charge in [-0.25, -0.2) is 4.39 Å². The van der Waals surface area contributed by atoms with Gasteiger partial charge in [0.1, 0.15) is 11.5 Å². The van der Waals surface area contributed by atoms with Crippen LogP contribution in [0.15, 0.2) is 30.5 Å². The number of nitrogens with two attached hydrogens (primary N) is 1. The van der Waals surface area contributed by atoms with Crippen molar-refractivity contribution in [2.45, 2.75) is 26.8 Å². The van der Waals surface area contributed by atoms with Crippen LogP contribution in [0.5, 0.6) is 0 Å². The highest BCUT2D eigenvalue weighted by Gasteiger charge is 2.08. The van der Waals surface area contributed by atoms with Crippen molar-refractivity contribution in [1.29, 1.82) is 0 Å². The Morgan fingerprint density at radius 3 is 2.56 bits per heavy atom. The average molecular weight is 247 g/mol. The van der Waals surface area contributed by atoms with E-state index in [4.69, 9.17) is 5.73 Å². The summed E-state index contributed by atoms with van der Waals surface area (Å²) >= 11 is 0. The highest BCUT2D eigenvalue weighted by Crippen LogP contribution is 2.24. The fraction of sp³-hybridized carbons (Fsp3) is 0.357. The topological polar surface area (TPSA) is 43.8 Å². The van der Waals surface area contributed by atoms with Crippen LogP contribution in [-0.2, 0) is 6.54 Å². The second-order valence-corrected chi connectivity index (χ2v) is 4.89. The largest absolute Gasteiger partial charge is 0.396 e. The summed E-state index contributed by atoms with van der Waals surface area (Å²) in [5.41, 5.74) is 8.14. The van der Waals surface area contributed by atoms with Gasteiger partial charge in [-0.1, -0.05) is 13.8 Å². The molecule has 96 valence electrons. The summed E-state index contributed by atoms with van der Waals surface area (Å²) < 4.78 is 14.7. The van der Waals surface area contributed by atoms with Crippen molar-refractivity contribution in [2.24, 2.45) is 5.92 Å². The van der Waals surface area contributed by atoms with Gasteiger partial charge >= 0.3 is 0 Å². The van der Waals surface area contributed by atoms with Crippen LogP contribution >= 0.6 is 0 Å². The van der Waals surface area contributed by atoms with Crippen LogP contribution in [0.3, 0.4) is 0 Å². The van der Waals surface area contributed by atoms with E-state index in [0.717, 1.165) is 24.2 Å². The molecule has 2 rings (SSSR count). The van der Waals surface area contributed by atoms with Gasteiger partial charge in [0.25, 0.3) is 0 Å². The van der Waals surface area contributed by atoms with Crippen molar-refractivity contribution in [3.63, 3.8) is 0 Å². The molecule has 2 aromatic rings. The summed E-state index contributed by atoms with van der Waals surface area (Å²) in [5, 5.41) is 4.45. The first kappa shape index (κ1) is 12.6. The number of nitrogen functional groups attached to an aromatic ring is 1. The predicted molar refractivity (Wildman–Crippen MR) is 71.5 cm³/mol. The minimum atomic E-state index is -0.253. The summed E-state index contributed by atoms with van der Waals surface area (Å²) in [6.07, 6.45) is 2.89. The molecular formula is C14H18FN3. The normalized spacial score (nSPS) is 11.1. The van der Waals surface area contributed by atoms with Gasteiger partial charge in [0, 0.05) is 18.3 Å². The number of nitrogens with zero attached hydrogens (tertiary/aromatic N) is 2. The summed E-state index contributed by atoms with van der Waals surface area (Å²) in [5.74, 6) is 0.376. The maximum absolute atomic E-state index is 12.9. The second kappa shape index (κ2) is 5.21. The molecule has 0 saturated carbocycles. The molecule has 0 bridgehead atoms. The van der Waals surface area contributed by atoms with Gasteiger partial charge in [-0.3, -0.25) is 4.68 Å². The van der Waals surface area contributed by atoms with E-state index < -0.39 is 0 Å². The average Bonchev–Trinajstić information content (AvgIpc) is 2.69. The first-order valence-corrected chi connectivity index (χ1v) is 6.15. The third-order valence-electron chi connectivity index (χ3n) is 2.84. The Morgan fingerprint density at radius 1 is 1.28 bits per heavy atom. The van der Waals surface area contributed by atoms with Crippen LogP contribution in [-0.4, -0.2) is 9.78 Å². The maximum atomic E-state index is 12.9. The van der Waals surface area contributed by atoms with Crippen LogP contribution in [0.4, 0.5) is 10.1 Å². The Balaban J connectivity index is 2.21. The van der Waals surface area contributed by atoms with Crippen LogP contribution in [0.1, 0.15) is 20.3 Å². The van der Waals surface area contributed by atoms with Crippen molar-refractivity contribution < 1.29 is 4.39 Å². The molecule has 3 nitrogen and oxygen atoms in total. The predicted octanol–water partition coefficient (Wildman–Crippen LogP) is 3.32. The summed E-state index contributed by atoms with van der Waals surface area (Å²) in [6.45, 7) is 5.20. The summed E-state index contributed by atoms with van der Waals surface area (Å²) in [6, 6.07) is 6.23. The van der Waals surface area contributed by atoms with Gasteiger partial charge in [0.05, 0.1) is 5.69 Å². The quantitative estimate of drug-likeness (QED) is 0.900. The lowest BCUT2D eigenvalue weighted by molar-refractivity contribution is 0.488. The fourth-order valence-corrected chi connectivity index (χ4v) is 1.77. The number of anilines is 1. The van der Waals surface area contributed by atoms with Crippen LogP contribution in [0.25, 0.3) is 11.3 Å². The van der Waals surface area contributed by atoms with E-state index in [-0.39, 0.29) is 5.82 Å². The van der Waals surface area contributed by atoms with Gasteiger partial charge in [-0.05, 0) is 36.6 Å². The zero-order chi connectivity index (χ0) is 13.1. The van der Waals surface area contributed by atoms with Crippen molar-refractivity contribution in [3.05, 3.63) is 36.3 Å². The molecule has 0 atom stereocenters. The molecule has 0 fully saturated rings. The van der Waals surface area contributed by atoms with Crippen LogP contribution in [0, 0.1) is 11.7 Å². The fourth-order valence-electron chi connectivity index (χ4n) is 1.77. The molecule has 1 heterocycles. The molecule has 0 aliphatic rings. The van der Waals surface area contributed by atoms with Crippen molar-refractivity contribution in [3.8, 4) is 11.3 Å². The Hall–Kier alpha value is -1.84. The smallest absolute Gasteiger partial charge is 0.123 e. The van der Waals surface area contributed by atoms with E-state index in [2.05, 4.69) is 18.9 Å². The molecular weight excluding hydrogens is 229 g/mol. The van der Waals surface area contributed by atoms with E-state index in [1.165, 1.54) is 12.1 Å². The Morgan fingerprint density at radius 2 is 1.94 bits per heavy atom. The molecule has 0 saturated heterocycles. The molecule has 0 spiro atoms. The van der Waals surface area contributed by atoms with E-state index in [1.54, 1.807) is 12.1 Å². The van der Waals surface area contributed by atoms with Crippen molar-refractivity contribution >= 4 is 5.69 Å². The van der Waals surface area contributed by atoms with Gasteiger partial charge in [0.15, 0.2) is 0 Å². The molecule has 0 radical (unpaired) electrons. The van der Waals surface area contributed by atoms with Gasteiger partial charge in [0.2, 0.25) is 0 Å². The van der Waals surface area contributed by atoms with E-state index in [0.29, 0.717) is 11.6 Å². The molecule has 4 heteroatoms. The summed E-state index contributed by atoms with van der Waals surface area (Å²) in [7, 11) is 0. The Kier molecular flexibility index (Phi) is 3.65. The molecule has 1 aromatic carbocycles. The monoisotopic (exact) mass is 247 g/mol. The zero-order valence-corrected chi connectivity index (χ0v) is 10.7. The standard InChI is InChI=1S/C14H18FN3/c1-10(2)7-8-18-9-13(16)14(17-18)11-3-5-12(15)6-4-11/h3-6,9-10H,7-8,16H2,1-2H3. The molecule has 0 amide bonds. The minimum Gasteiger partial charge on any atom is -0.396 e. The number of benzene rings is 1. The number of hydrogen-bond acceptors (Lipinski definition) is 2. The molecule has 0 aliphatic heterocycles. The maximum Gasteiger partial charge on any atom is 0.123 e. The van der Waals surface area contributed by atoms with Crippen molar-refractivity contribution in [2.75, 3.05) is 5.73 Å². The summed E-state index contributed by atoms with van der Waals surface area (Å²) in [4.78, 5) is 0. The lowest BCUT2D eigenvalue weighted by atomic mass is 10.1. The van der Waals surface area contributed by atoms with Gasteiger partial charge in [-0.2, -0.15) is 5.10 Å². The number of hydrogen-bond donors (Lipinski definition) is 1. The highest BCUT2D eigenvalue weighted by molar-refractivity contribution is 5.71. The SMILES string of the molecule is CC(C)CCn1cc(N)c(-c2ccc(F)cc2)n1. The first-order valence-electron chi connectivity index (χ1n) is 6.15.